The number of halogens is 1. The summed E-state index contributed by atoms with van der Waals surface area (Å²) in [5, 5.41) is 0. The smallest absolute Gasteiger partial charge is 0.115 e. The maximum absolute atomic E-state index is 14.7. The second kappa shape index (κ2) is 4.77. The van der Waals surface area contributed by atoms with E-state index in [2.05, 4.69) is 32.0 Å². The van der Waals surface area contributed by atoms with Gasteiger partial charge in [-0.1, -0.05) is 23.8 Å². The van der Waals surface area contributed by atoms with E-state index in [1.165, 1.54) is 11.1 Å². The van der Waals surface area contributed by atoms with Crippen molar-refractivity contribution >= 4 is 0 Å². The second-order valence-corrected chi connectivity index (χ2v) is 5.60. The number of alkyl halides is 1. The predicted molar refractivity (Wildman–Crippen MR) is 69.9 cm³/mol. The first kappa shape index (κ1) is 12.6. The van der Waals surface area contributed by atoms with E-state index in [1.807, 2.05) is 0 Å². The third kappa shape index (κ3) is 3.06. The van der Waals surface area contributed by atoms with Crippen LogP contribution in [0.15, 0.2) is 18.2 Å². The standard InChI is InChI=1S/C15H22FN/c1-11-3-4-12(2)13(9-11)10-15(16)7-5-14(17)6-8-15/h3-4,9,14H,5-8,10,17H2,1-2H3. The van der Waals surface area contributed by atoms with Gasteiger partial charge in [0.05, 0.1) is 0 Å². The highest BCUT2D eigenvalue weighted by molar-refractivity contribution is 5.31. The van der Waals surface area contributed by atoms with Gasteiger partial charge in [0.25, 0.3) is 0 Å². The van der Waals surface area contributed by atoms with Crippen LogP contribution in [0.4, 0.5) is 4.39 Å². The van der Waals surface area contributed by atoms with E-state index in [-0.39, 0.29) is 6.04 Å². The van der Waals surface area contributed by atoms with Crippen LogP contribution < -0.4 is 5.73 Å². The SMILES string of the molecule is Cc1ccc(C)c(CC2(F)CCC(N)CC2)c1. The maximum Gasteiger partial charge on any atom is 0.115 e. The van der Waals surface area contributed by atoms with Crippen LogP contribution in [0.1, 0.15) is 42.4 Å². The van der Waals surface area contributed by atoms with Gasteiger partial charge in [0.2, 0.25) is 0 Å². The Balaban J connectivity index is 2.12. The van der Waals surface area contributed by atoms with E-state index in [9.17, 15) is 4.39 Å². The lowest BCUT2D eigenvalue weighted by molar-refractivity contribution is 0.0993. The van der Waals surface area contributed by atoms with Crippen LogP contribution in [-0.2, 0) is 6.42 Å². The van der Waals surface area contributed by atoms with Crippen LogP contribution in [0, 0.1) is 13.8 Å². The zero-order valence-electron chi connectivity index (χ0n) is 10.8. The molecular weight excluding hydrogens is 213 g/mol. The van der Waals surface area contributed by atoms with E-state index in [1.54, 1.807) is 0 Å². The molecular formula is C15H22FN. The minimum atomic E-state index is -1.03. The molecule has 0 heterocycles. The van der Waals surface area contributed by atoms with Gasteiger partial charge in [-0.25, -0.2) is 4.39 Å². The van der Waals surface area contributed by atoms with Gasteiger partial charge in [-0.2, -0.15) is 0 Å². The number of nitrogens with two attached hydrogens (primary N) is 1. The number of rotatable bonds is 2. The molecule has 17 heavy (non-hydrogen) atoms. The van der Waals surface area contributed by atoms with E-state index in [0.29, 0.717) is 19.3 Å². The molecule has 1 aliphatic carbocycles. The first-order chi connectivity index (χ1) is 7.98. The number of hydrogen-bond acceptors (Lipinski definition) is 1. The average Bonchev–Trinajstić information content (AvgIpc) is 2.28. The summed E-state index contributed by atoms with van der Waals surface area (Å²) in [6, 6.07) is 6.49. The van der Waals surface area contributed by atoms with Gasteiger partial charge in [0.15, 0.2) is 0 Å². The molecule has 1 aromatic carbocycles. The molecule has 0 amide bonds. The molecule has 0 aliphatic heterocycles. The molecule has 1 aromatic rings. The minimum absolute atomic E-state index is 0.206. The summed E-state index contributed by atoms with van der Waals surface area (Å²) in [6.07, 6.45) is 3.42. The fourth-order valence-corrected chi connectivity index (χ4v) is 2.67. The Hall–Kier alpha value is -0.890. The Labute approximate surface area is 103 Å². The molecule has 1 saturated carbocycles. The van der Waals surface area contributed by atoms with Crippen molar-refractivity contribution in [2.24, 2.45) is 5.73 Å². The normalized spacial score (nSPS) is 29.3. The van der Waals surface area contributed by atoms with Crippen molar-refractivity contribution in [3.05, 3.63) is 34.9 Å². The summed E-state index contributed by atoms with van der Waals surface area (Å²) < 4.78 is 14.7. The molecule has 94 valence electrons. The van der Waals surface area contributed by atoms with E-state index in [4.69, 9.17) is 5.73 Å². The van der Waals surface area contributed by atoms with Gasteiger partial charge in [0.1, 0.15) is 5.67 Å². The van der Waals surface area contributed by atoms with Gasteiger partial charge in [-0.15, -0.1) is 0 Å². The largest absolute Gasteiger partial charge is 0.328 e. The summed E-state index contributed by atoms with van der Waals surface area (Å²) in [7, 11) is 0. The number of aryl methyl sites for hydroxylation is 2. The molecule has 2 rings (SSSR count). The van der Waals surface area contributed by atoms with Crippen molar-refractivity contribution in [3.63, 3.8) is 0 Å². The molecule has 0 saturated heterocycles. The summed E-state index contributed by atoms with van der Waals surface area (Å²) in [5.74, 6) is 0. The highest BCUT2D eigenvalue weighted by atomic mass is 19.1. The Morgan fingerprint density at radius 2 is 1.94 bits per heavy atom. The van der Waals surface area contributed by atoms with Gasteiger partial charge < -0.3 is 5.73 Å². The highest BCUT2D eigenvalue weighted by Gasteiger charge is 2.34. The number of benzene rings is 1. The molecule has 2 heteroatoms. The van der Waals surface area contributed by atoms with Crippen LogP contribution >= 0.6 is 0 Å². The van der Waals surface area contributed by atoms with Crippen LogP contribution in [0.2, 0.25) is 0 Å². The lowest BCUT2D eigenvalue weighted by atomic mass is 9.79. The van der Waals surface area contributed by atoms with Crippen LogP contribution in [0.25, 0.3) is 0 Å². The third-order valence-corrected chi connectivity index (χ3v) is 3.94. The van der Waals surface area contributed by atoms with Crippen molar-refractivity contribution in [2.45, 2.75) is 57.7 Å². The lowest BCUT2D eigenvalue weighted by Gasteiger charge is -2.33. The average molecular weight is 235 g/mol. The van der Waals surface area contributed by atoms with E-state index in [0.717, 1.165) is 18.4 Å². The second-order valence-electron chi connectivity index (χ2n) is 5.60. The molecule has 0 atom stereocenters. The molecule has 1 fully saturated rings. The Bertz CT molecular complexity index is 392. The van der Waals surface area contributed by atoms with Crippen molar-refractivity contribution in [1.29, 1.82) is 0 Å². The first-order valence-electron chi connectivity index (χ1n) is 6.49. The maximum atomic E-state index is 14.7. The summed E-state index contributed by atoms with van der Waals surface area (Å²) in [5.41, 5.74) is 8.37. The predicted octanol–water partition coefficient (Wildman–Crippen LogP) is 3.46. The van der Waals surface area contributed by atoms with Crippen LogP contribution in [0.3, 0.4) is 0 Å². The molecule has 1 nitrogen and oxygen atoms in total. The van der Waals surface area contributed by atoms with Crippen LogP contribution in [0.5, 0.6) is 0 Å². The van der Waals surface area contributed by atoms with E-state index < -0.39 is 5.67 Å². The summed E-state index contributed by atoms with van der Waals surface area (Å²) in [6.45, 7) is 4.12. The quantitative estimate of drug-likeness (QED) is 0.834. The third-order valence-electron chi connectivity index (χ3n) is 3.94. The first-order valence-corrected chi connectivity index (χ1v) is 6.49. The fraction of sp³-hybridized carbons (Fsp3) is 0.600. The summed E-state index contributed by atoms with van der Waals surface area (Å²) in [4.78, 5) is 0. The molecule has 0 aromatic heterocycles. The van der Waals surface area contributed by atoms with Crippen molar-refractivity contribution in [2.75, 3.05) is 0 Å². The zero-order valence-corrected chi connectivity index (χ0v) is 10.8. The van der Waals surface area contributed by atoms with Crippen LogP contribution in [-0.4, -0.2) is 11.7 Å². The molecule has 1 aliphatic rings. The lowest BCUT2D eigenvalue weighted by Crippen LogP contribution is -2.37. The van der Waals surface area contributed by atoms with Gasteiger partial charge in [-0.05, 0) is 50.7 Å². The molecule has 0 spiro atoms. The Morgan fingerprint density at radius 3 is 2.59 bits per heavy atom. The van der Waals surface area contributed by atoms with Crippen molar-refractivity contribution in [3.8, 4) is 0 Å². The Morgan fingerprint density at radius 1 is 1.29 bits per heavy atom. The van der Waals surface area contributed by atoms with Gasteiger partial charge in [-0.3, -0.25) is 0 Å². The monoisotopic (exact) mass is 235 g/mol. The van der Waals surface area contributed by atoms with Crippen molar-refractivity contribution in [1.82, 2.24) is 0 Å². The highest BCUT2D eigenvalue weighted by Crippen LogP contribution is 2.35. The molecule has 0 radical (unpaired) electrons. The summed E-state index contributed by atoms with van der Waals surface area (Å²) >= 11 is 0. The molecule has 0 unspecified atom stereocenters. The molecule has 0 bridgehead atoms. The van der Waals surface area contributed by atoms with E-state index >= 15 is 0 Å². The van der Waals surface area contributed by atoms with Gasteiger partial charge in [0, 0.05) is 12.5 Å². The van der Waals surface area contributed by atoms with Crippen molar-refractivity contribution < 1.29 is 4.39 Å². The zero-order chi connectivity index (χ0) is 12.5. The topological polar surface area (TPSA) is 26.0 Å². The van der Waals surface area contributed by atoms with Gasteiger partial charge >= 0.3 is 0 Å². The minimum Gasteiger partial charge on any atom is -0.328 e. The molecule has 2 N–H and O–H groups in total. The number of hydrogen-bond donors (Lipinski definition) is 1. The fourth-order valence-electron chi connectivity index (χ4n) is 2.67. The Kier molecular flexibility index (Phi) is 3.53.